The Hall–Kier alpha value is -2.03. The molecule has 0 saturated carbocycles. The molecule has 0 heterocycles. The SMILES string of the molecule is Nc1ccc(OCCc2ccccc2)cc1F. The van der Waals surface area contributed by atoms with Crippen LogP contribution in [0, 0.1) is 5.82 Å². The number of ether oxygens (including phenoxy) is 1. The summed E-state index contributed by atoms with van der Waals surface area (Å²) in [6, 6.07) is 14.5. The Bertz CT molecular complexity index is 485. The Morgan fingerprint density at radius 1 is 1.06 bits per heavy atom. The second kappa shape index (κ2) is 5.34. The van der Waals surface area contributed by atoms with E-state index in [1.165, 1.54) is 17.7 Å². The topological polar surface area (TPSA) is 35.2 Å². The highest BCUT2D eigenvalue weighted by Gasteiger charge is 2.00. The standard InChI is InChI=1S/C14H14FNO/c15-13-10-12(6-7-14(13)16)17-9-8-11-4-2-1-3-5-11/h1-7,10H,8-9,16H2. The van der Waals surface area contributed by atoms with Gasteiger partial charge in [-0.25, -0.2) is 4.39 Å². The summed E-state index contributed by atoms with van der Waals surface area (Å²) < 4.78 is 18.6. The molecule has 0 aliphatic carbocycles. The van der Waals surface area contributed by atoms with Gasteiger partial charge in [-0.3, -0.25) is 0 Å². The molecule has 88 valence electrons. The van der Waals surface area contributed by atoms with Crippen molar-refractivity contribution >= 4 is 5.69 Å². The second-order valence-corrected chi connectivity index (χ2v) is 3.77. The predicted molar refractivity (Wildman–Crippen MR) is 66.5 cm³/mol. The van der Waals surface area contributed by atoms with Crippen LogP contribution in [0.25, 0.3) is 0 Å². The average molecular weight is 231 g/mol. The molecule has 17 heavy (non-hydrogen) atoms. The Balaban J connectivity index is 1.88. The van der Waals surface area contributed by atoms with Crippen molar-refractivity contribution in [1.29, 1.82) is 0 Å². The van der Waals surface area contributed by atoms with E-state index in [9.17, 15) is 4.39 Å². The van der Waals surface area contributed by atoms with Crippen LogP contribution in [0.15, 0.2) is 48.5 Å². The smallest absolute Gasteiger partial charge is 0.149 e. The van der Waals surface area contributed by atoms with Crippen molar-refractivity contribution < 1.29 is 9.13 Å². The van der Waals surface area contributed by atoms with Crippen molar-refractivity contribution in [3.8, 4) is 5.75 Å². The van der Waals surface area contributed by atoms with E-state index in [-0.39, 0.29) is 5.69 Å². The molecule has 0 aliphatic heterocycles. The van der Waals surface area contributed by atoms with Crippen LogP contribution < -0.4 is 10.5 Å². The summed E-state index contributed by atoms with van der Waals surface area (Å²) in [7, 11) is 0. The van der Waals surface area contributed by atoms with Crippen LogP contribution in [0.4, 0.5) is 10.1 Å². The zero-order chi connectivity index (χ0) is 12.1. The quantitative estimate of drug-likeness (QED) is 0.821. The maximum absolute atomic E-state index is 13.1. The fourth-order valence-electron chi connectivity index (χ4n) is 1.53. The van der Waals surface area contributed by atoms with Gasteiger partial charge in [0, 0.05) is 12.5 Å². The van der Waals surface area contributed by atoms with Crippen LogP contribution in [-0.2, 0) is 6.42 Å². The lowest BCUT2D eigenvalue weighted by Gasteiger charge is -2.07. The molecule has 0 fully saturated rings. The third kappa shape index (κ3) is 3.21. The van der Waals surface area contributed by atoms with E-state index in [0.29, 0.717) is 12.4 Å². The number of hydrogen-bond donors (Lipinski definition) is 1. The van der Waals surface area contributed by atoms with Gasteiger partial charge in [-0.15, -0.1) is 0 Å². The van der Waals surface area contributed by atoms with Gasteiger partial charge in [0.1, 0.15) is 11.6 Å². The number of hydrogen-bond acceptors (Lipinski definition) is 2. The summed E-state index contributed by atoms with van der Waals surface area (Å²) in [5.41, 5.74) is 6.71. The first-order chi connectivity index (χ1) is 8.25. The minimum atomic E-state index is -0.442. The number of rotatable bonds is 4. The number of nitrogen functional groups attached to an aromatic ring is 1. The molecule has 2 rings (SSSR count). The molecule has 2 nitrogen and oxygen atoms in total. The Morgan fingerprint density at radius 2 is 1.82 bits per heavy atom. The minimum absolute atomic E-state index is 0.139. The zero-order valence-corrected chi connectivity index (χ0v) is 9.40. The number of nitrogens with two attached hydrogens (primary N) is 1. The van der Waals surface area contributed by atoms with Crippen LogP contribution in [0.1, 0.15) is 5.56 Å². The van der Waals surface area contributed by atoms with Crippen molar-refractivity contribution in [3.05, 3.63) is 59.9 Å². The van der Waals surface area contributed by atoms with Crippen LogP contribution in [0.5, 0.6) is 5.75 Å². The molecule has 0 saturated heterocycles. The van der Waals surface area contributed by atoms with Gasteiger partial charge in [0.2, 0.25) is 0 Å². The third-order valence-corrected chi connectivity index (χ3v) is 2.47. The lowest BCUT2D eigenvalue weighted by Crippen LogP contribution is -2.02. The maximum Gasteiger partial charge on any atom is 0.149 e. The predicted octanol–water partition coefficient (Wildman–Crippen LogP) is 3.03. The minimum Gasteiger partial charge on any atom is -0.493 e. The molecular formula is C14H14FNO. The normalized spacial score (nSPS) is 10.2. The second-order valence-electron chi connectivity index (χ2n) is 3.77. The van der Waals surface area contributed by atoms with Crippen LogP contribution in [0.3, 0.4) is 0 Å². The summed E-state index contributed by atoms with van der Waals surface area (Å²) in [6.07, 6.45) is 0.798. The summed E-state index contributed by atoms with van der Waals surface area (Å²) in [5, 5.41) is 0. The molecule has 0 unspecified atom stereocenters. The van der Waals surface area contributed by atoms with Crippen LogP contribution in [0.2, 0.25) is 0 Å². The molecule has 0 amide bonds. The monoisotopic (exact) mass is 231 g/mol. The average Bonchev–Trinajstić information content (AvgIpc) is 2.35. The van der Waals surface area contributed by atoms with E-state index < -0.39 is 5.82 Å². The van der Waals surface area contributed by atoms with Gasteiger partial charge in [-0.05, 0) is 17.7 Å². The highest BCUT2D eigenvalue weighted by Crippen LogP contribution is 2.18. The van der Waals surface area contributed by atoms with Crippen molar-refractivity contribution in [3.63, 3.8) is 0 Å². The first-order valence-corrected chi connectivity index (χ1v) is 5.47. The molecule has 0 aliphatic rings. The molecule has 3 heteroatoms. The molecule has 2 aromatic rings. The molecule has 0 bridgehead atoms. The number of anilines is 1. The van der Waals surface area contributed by atoms with Gasteiger partial charge in [0.25, 0.3) is 0 Å². The van der Waals surface area contributed by atoms with Crippen molar-refractivity contribution in [2.75, 3.05) is 12.3 Å². The van der Waals surface area contributed by atoms with Gasteiger partial charge in [-0.2, -0.15) is 0 Å². The zero-order valence-electron chi connectivity index (χ0n) is 9.40. The van der Waals surface area contributed by atoms with E-state index >= 15 is 0 Å². The van der Waals surface area contributed by atoms with Gasteiger partial charge in [0.15, 0.2) is 0 Å². The largest absolute Gasteiger partial charge is 0.493 e. The van der Waals surface area contributed by atoms with Gasteiger partial charge < -0.3 is 10.5 Å². The molecule has 0 radical (unpaired) electrons. The fraction of sp³-hybridized carbons (Fsp3) is 0.143. The van der Waals surface area contributed by atoms with Crippen molar-refractivity contribution in [1.82, 2.24) is 0 Å². The van der Waals surface area contributed by atoms with Crippen LogP contribution in [-0.4, -0.2) is 6.61 Å². The highest BCUT2D eigenvalue weighted by molar-refractivity contribution is 5.43. The van der Waals surface area contributed by atoms with E-state index in [0.717, 1.165) is 6.42 Å². The molecular weight excluding hydrogens is 217 g/mol. The molecule has 2 aromatic carbocycles. The summed E-state index contributed by atoms with van der Waals surface area (Å²) in [6.45, 7) is 0.521. The van der Waals surface area contributed by atoms with Crippen molar-refractivity contribution in [2.45, 2.75) is 6.42 Å². The maximum atomic E-state index is 13.1. The Morgan fingerprint density at radius 3 is 2.53 bits per heavy atom. The lowest BCUT2D eigenvalue weighted by molar-refractivity contribution is 0.320. The molecule has 0 spiro atoms. The number of benzene rings is 2. The van der Waals surface area contributed by atoms with Gasteiger partial charge >= 0.3 is 0 Å². The first kappa shape index (κ1) is 11.5. The first-order valence-electron chi connectivity index (χ1n) is 5.47. The molecule has 0 aromatic heterocycles. The third-order valence-electron chi connectivity index (χ3n) is 2.47. The van der Waals surface area contributed by atoms with Gasteiger partial charge in [0.05, 0.1) is 12.3 Å². The molecule has 2 N–H and O–H groups in total. The number of halogens is 1. The highest BCUT2D eigenvalue weighted by atomic mass is 19.1. The van der Waals surface area contributed by atoms with Crippen molar-refractivity contribution in [2.24, 2.45) is 0 Å². The summed E-state index contributed by atoms with van der Waals surface area (Å²) in [4.78, 5) is 0. The van der Waals surface area contributed by atoms with Gasteiger partial charge in [-0.1, -0.05) is 30.3 Å². The lowest BCUT2D eigenvalue weighted by atomic mass is 10.2. The fourth-order valence-corrected chi connectivity index (χ4v) is 1.53. The summed E-state index contributed by atoms with van der Waals surface area (Å²) in [5.74, 6) is 0.0647. The molecule has 0 atom stereocenters. The van der Waals surface area contributed by atoms with E-state index in [1.807, 2.05) is 30.3 Å². The van der Waals surface area contributed by atoms with E-state index in [2.05, 4.69) is 0 Å². The Kier molecular flexibility index (Phi) is 3.60. The van der Waals surface area contributed by atoms with Crippen LogP contribution >= 0.6 is 0 Å². The van der Waals surface area contributed by atoms with E-state index in [4.69, 9.17) is 10.5 Å². The Labute approximate surface area is 99.8 Å². The summed E-state index contributed by atoms with van der Waals surface area (Å²) >= 11 is 0. The van der Waals surface area contributed by atoms with E-state index in [1.54, 1.807) is 6.07 Å².